The second-order valence-corrected chi connectivity index (χ2v) is 4.15. The van der Waals surface area contributed by atoms with Crippen molar-refractivity contribution in [1.82, 2.24) is 0 Å². The Hall–Kier alpha value is -1.51. The minimum Gasteiger partial charge on any atom is -0.469 e. The molecule has 86 valence electrons. The first-order chi connectivity index (χ1) is 7.76. The summed E-state index contributed by atoms with van der Waals surface area (Å²) in [5, 5.41) is 3.41. The largest absolute Gasteiger partial charge is 0.469 e. The first kappa shape index (κ1) is 11.0. The number of carbonyl (C=O) groups is 1. The van der Waals surface area contributed by atoms with Gasteiger partial charge in [0.25, 0.3) is 0 Å². The lowest BCUT2D eigenvalue weighted by atomic mass is 9.86. The van der Waals surface area contributed by atoms with Crippen LogP contribution in [0.2, 0.25) is 0 Å². The Balaban J connectivity index is 2.27. The fraction of sp³-hybridized carbons (Fsp3) is 0.462. The van der Waals surface area contributed by atoms with Gasteiger partial charge in [-0.1, -0.05) is 25.1 Å². The van der Waals surface area contributed by atoms with E-state index in [-0.39, 0.29) is 17.9 Å². The van der Waals surface area contributed by atoms with Gasteiger partial charge < -0.3 is 10.1 Å². The summed E-state index contributed by atoms with van der Waals surface area (Å²) < 4.78 is 4.86. The molecule has 1 aromatic rings. The van der Waals surface area contributed by atoms with Crippen LogP contribution in [0.1, 0.15) is 18.9 Å². The fourth-order valence-corrected chi connectivity index (χ4v) is 2.30. The van der Waals surface area contributed by atoms with Crippen LogP contribution in [-0.2, 0) is 16.0 Å². The Labute approximate surface area is 95.8 Å². The van der Waals surface area contributed by atoms with Gasteiger partial charge in [0.1, 0.15) is 0 Å². The van der Waals surface area contributed by atoms with Crippen LogP contribution in [0.15, 0.2) is 24.3 Å². The van der Waals surface area contributed by atoms with Gasteiger partial charge in [-0.15, -0.1) is 0 Å². The molecule has 0 bridgehead atoms. The van der Waals surface area contributed by atoms with E-state index in [2.05, 4.69) is 24.4 Å². The van der Waals surface area contributed by atoms with Crippen LogP contribution in [0.4, 0.5) is 5.69 Å². The number of fused-ring (bicyclic) bond motifs is 1. The molecular weight excluding hydrogens is 202 g/mol. The van der Waals surface area contributed by atoms with Gasteiger partial charge in [0, 0.05) is 11.7 Å². The summed E-state index contributed by atoms with van der Waals surface area (Å²) >= 11 is 0. The topological polar surface area (TPSA) is 38.3 Å². The van der Waals surface area contributed by atoms with E-state index in [1.807, 2.05) is 12.1 Å². The zero-order chi connectivity index (χ0) is 11.5. The molecule has 0 saturated heterocycles. The van der Waals surface area contributed by atoms with E-state index in [1.54, 1.807) is 0 Å². The standard InChI is InChI=1S/C13H17NO2/c1-3-11-10(13(15)16-2)8-9-6-4-5-7-12(9)14-11/h4-7,10-11,14H,3,8H2,1-2H3/t10-,11-/m1/s1. The van der Waals surface area contributed by atoms with Crippen molar-refractivity contribution >= 4 is 11.7 Å². The van der Waals surface area contributed by atoms with Gasteiger partial charge in [-0.2, -0.15) is 0 Å². The van der Waals surface area contributed by atoms with Crippen LogP contribution >= 0.6 is 0 Å². The smallest absolute Gasteiger partial charge is 0.311 e. The highest BCUT2D eigenvalue weighted by molar-refractivity contribution is 5.76. The fourth-order valence-electron chi connectivity index (χ4n) is 2.30. The van der Waals surface area contributed by atoms with Crippen molar-refractivity contribution in [2.75, 3.05) is 12.4 Å². The number of rotatable bonds is 2. The third-order valence-electron chi connectivity index (χ3n) is 3.23. The molecule has 16 heavy (non-hydrogen) atoms. The predicted octanol–water partition coefficient (Wildman–Crippen LogP) is 2.22. The molecule has 1 heterocycles. The van der Waals surface area contributed by atoms with Gasteiger partial charge in [-0.25, -0.2) is 0 Å². The van der Waals surface area contributed by atoms with Crippen molar-refractivity contribution in [2.45, 2.75) is 25.8 Å². The number of esters is 1. The number of carbonyl (C=O) groups excluding carboxylic acids is 1. The van der Waals surface area contributed by atoms with Crippen LogP contribution in [0.3, 0.4) is 0 Å². The SMILES string of the molecule is CC[C@H]1Nc2ccccc2C[C@H]1C(=O)OC. The highest BCUT2D eigenvalue weighted by Gasteiger charge is 2.32. The summed E-state index contributed by atoms with van der Waals surface area (Å²) in [6, 6.07) is 8.32. The Morgan fingerprint density at radius 1 is 1.50 bits per heavy atom. The molecule has 1 aliphatic rings. The van der Waals surface area contributed by atoms with Crippen LogP contribution in [0.5, 0.6) is 0 Å². The number of hydrogen-bond donors (Lipinski definition) is 1. The molecule has 3 nitrogen and oxygen atoms in total. The normalized spacial score (nSPS) is 23.1. The third-order valence-corrected chi connectivity index (χ3v) is 3.23. The van der Waals surface area contributed by atoms with E-state index in [0.29, 0.717) is 0 Å². The first-order valence-electron chi connectivity index (χ1n) is 5.68. The van der Waals surface area contributed by atoms with Gasteiger partial charge in [0.2, 0.25) is 0 Å². The Kier molecular flexibility index (Phi) is 3.13. The molecule has 1 N–H and O–H groups in total. The lowest BCUT2D eigenvalue weighted by Gasteiger charge is -2.32. The predicted molar refractivity (Wildman–Crippen MR) is 63.4 cm³/mol. The molecule has 0 unspecified atom stereocenters. The highest BCUT2D eigenvalue weighted by Crippen LogP contribution is 2.30. The average Bonchev–Trinajstić information content (AvgIpc) is 2.36. The maximum Gasteiger partial charge on any atom is 0.311 e. The molecule has 1 aliphatic heterocycles. The molecule has 0 aromatic heterocycles. The molecule has 1 aromatic carbocycles. The molecule has 0 spiro atoms. The van der Waals surface area contributed by atoms with Crippen LogP contribution in [0, 0.1) is 5.92 Å². The van der Waals surface area contributed by atoms with E-state index in [0.717, 1.165) is 18.5 Å². The second-order valence-electron chi connectivity index (χ2n) is 4.15. The number of anilines is 1. The monoisotopic (exact) mass is 219 g/mol. The molecule has 0 aliphatic carbocycles. The Morgan fingerprint density at radius 3 is 2.94 bits per heavy atom. The van der Waals surface area contributed by atoms with Gasteiger partial charge >= 0.3 is 5.97 Å². The molecule has 0 radical (unpaired) electrons. The minimum atomic E-state index is -0.117. The number of nitrogens with one attached hydrogen (secondary N) is 1. The molecule has 2 rings (SSSR count). The average molecular weight is 219 g/mol. The molecule has 0 amide bonds. The summed E-state index contributed by atoms with van der Waals surface area (Å²) in [6.45, 7) is 2.08. The Bertz CT molecular complexity index is 389. The minimum absolute atomic E-state index is 0.0649. The quantitative estimate of drug-likeness (QED) is 0.775. The summed E-state index contributed by atoms with van der Waals surface area (Å²) in [5.41, 5.74) is 2.34. The van der Waals surface area contributed by atoms with Crippen molar-refractivity contribution in [2.24, 2.45) is 5.92 Å². The van der Waals surface area contributed by atoms with Crippen molar-refractivity contribution < 1.29 is 9.53 Å². The van der Waals surface area contributed by atoms with E-state index < -0.39 is 0 Å². The molecule has 3 heteroatoms. The van der Waals surface area contributed by atoms with Gasteiger partial charge in [-0.3, -0.25) is 4.79 Å². The van der Waals surface area contributed by atoms with Crippen molar-refractivity contribution in [3.05, 3.63) is 29.8 Å². The van der Waals surface area contributed by atoms with Crippen molar-refractivity contribution in [3.63, 3.8) is 0 Å². The Morgan fingerprint density at radius 2 is 2.25 bits per heavy atom. The van der Waals surface area contributed by atoms with Gasteiger partial charge in [0.15, 0.2) is 0 Å². The van der Waals surface area contributed by atoms with E-state index >= 15 is 0 Å². The zero-order valence-corrected chi connectivity index (χ0v) is 9.69. The summed E-state index contributed by atoms with van der Waals surface area (Å²) in [7, 11) is 1.45. The third kappa shape index (κ3) is 1.90. The summed E-state index contributed by atoms with van der Waals surface area (Å²) in [6.07, 6.45) is 1.70. The summed E-state index contributed by atoms with van der Waals surface area (Å²) in [5.74, 6) is -0.182. The molecule has 2 atom stereocenters. The van der Waals surface area contributed by atoms with Crippen molar-refractivity contribution in [1.29, 1.82) is 0 Å². The number of methoxy groups -OCH3 is 1. The van der Waals surface area contributed by atoms with Gasteiger partial charge in [0.05, 0.1) is 13.0 Å². The molecule has 0 saturated carbocycles. The maximum atomic E-state index is 11.7. The van der Waals surface area contributed by atoms with Crippen LogP contribution < -0.4 is 5.32 Å². The first-order valence-corrected chi connectivity index (χ1v) is 5.68. The van der Waals surface area contributed by atoms with Crippen LogP contribution in [0.25, 0.3) is 0 Å². The van der Waals surface area contributed by atoms with E-state index in [9.17, 15) is 4.79 Å². The highest BCUT2D eigenvalue weighted by atomic mass is 16.5. The van der Waals surface area contributed by atoms with Crippen LogP contribution in [-0.4, -0.2) is 19.1 Å². The number of hydrogen-bond acceptors (Lipinski definition) is 3. The number of benzene rings is 1. The van der Waals surface area contributed by atoms with Gasteiger partial charge in [-0.05, 0) is 24.5 Å². The summed E-state index contributed by atoms with van der Waals surface area (Å²) in [4.78, 5) is 11.7. The lowest BCUT2D eigenvalue weighted by Crippen LogP contribution is -2.39. The maximum absolute atomic E-state index is 11.7. The molecular formula is C13H17NO2. The zero-order valence-electron chi connectivity index (χ0n) is 9.69. The number of para-hydroxylation sites is 1. The van der Waals surface area contributed by atoms with Crippen molar-refractivity contribution in [3.8, 4) is 0 Å². The van der Waals surface area contributed by atoms with E-state index in [1.165, 1.54) is 12.7 Å². The van der Waals surface area contributed by atoms with E-state index in [4.69, 9.17) is 4.74 Å². The second kappa shape index (κ2) is 4.56. The molecule has 0 fully saturated rings. The number of ether oxygens (including phenoxy) is 1. The lowest BCUT2D eigenvalue weighted by molar-refractivity contribution is -0.146.